The lowest BCUT2D eigenvalue weighted by Crippen LogP contribution is -2.48. The summed E-state index contributed by atoms with van der Waals surface area (Å²) in [7, 11) is 3.17. The molecule has 0 fully saturated rings. The first-order valence-corrected chi connectivity index (χ1v) is 6.26. The number of esters is 1. The van der Waals surface area contributed by atoms with Crippen LogP contribution in [0.3, 0.4) is 0 Å². The topological polar surface area (TPSA) is 56.2 Å². The molecular formula is C11H18BrN3O2. The summed E-state index contributed by atoms with van der Waals surface area (Å²) in [5.74, 6) is -0.235. The second kappa shape index (κ2) is 6.16. The highest BCUT2D eigenvalue weighted by molar-refractivity contribution is 9.10. The molecule has 0 aliphatic carbocycles. The lowest BCUT2D eigenvalue weighted by molar-refractivity contribution is -0.148. The molecule has 5 nitrogen and oxygen atoms in total. The van der Waals surface area contributed by atoms with Crippen LogP contribution in [-0.4, -0.2) is 35.4 Å². The minimum absolute atomic E-state index is 0.235. The number of methoxy groups -OCH3 is 1. The van der Waals surface area contributed by atoms with Gasteiger partial charge < -0.3 is 10.1 Å². The van der Waals surface area contributed by atoms with Crippen molar-refractivity contribution in [3.05, 3.63) is 16.9 Å². The number of nitrogens with zero attached hydrogens (tertiary/aromatic N) is 2. The Labute approximate surface area is 110 Å². The van der Waals surface area contributed by atoms with E-state index in [1.165, 1.54) is 7.11 Å². The minimum Gasteiger partial charge on any atom is -0.468 e. The Morgan fingerprint density at radius 1 is 1.71 bits per heavy atom. The Bertz CT molecular complexity index is 381. The Balaban J connectivity index is 2.46. The molecule has 0 saturated heterocycles. The van der Waals surface area contributed by atoms with Gasteiger partial charge in [-0.15, -0.1) is 0 Å². The molecule has 0 aliphatic rings. The summed E-state index contributed by atoms with van der Waals surface area (Å²) in [5, 5.41) is 7.17. The van der Waals surface area contributed by atoms with Crippen LogP contribution < -0.4 is 5.32 Å². The molecule has 0 amide bonds. The number of likely N-dealkylation sites (N-methyl/N-ethyl adjacent to an activating group) is 1. The second-order valence-electron chi connectivity index (χ2n) is 4.10. The highest BCUT2D eigenvalue weighted by atomic mass is 79.9. The predicted molar refractivity (Wildman–Crippen MR) is 68.6 cm³/mol. The molecule has 6 heteroatoms. The predicted octanol–water partition coefficient (Wildman–Crippen LogP) is 1.58. The van der Waals surface area contributed by atoms with E-state index in [4.69, 9.17) is 4.74 Å². The van der Waals surface area contributed by atoms with Gasteiger partial charge in [0.2, 0.25) is 0 Å². The van der Waals surface area contributed by atoms with Crippen molar-refractivity contribution in [1.29, 1.82) is 0 Å². The quantitative estimate of drug-likeness (QED) is 0.811. The number of aromatic nitrogens is 2. The van der Waals surface area contributed by atoms with Gasteiger partial charge in [-0.05, 0) is 42.7 Å². The minimum atomic E-state index is -0.626. The highest BCUT2D eigenvalue weighted by Crippen LogP contribution is 2.15. The number of halogens is 1. The van der Waals surface area contributed by atoms with E-state index in [1.54, 1.807) is 13.2 Å². The first kappa shape index (κ1) is 14.2. The smallest absolute Gasteiger partial charge is 0.325 e. The van der Waals surface area contributed by atoms with Crippen LogP contribution in [-0.2, 0) is 16.1 Å². The summed E-state index contributed by atoms with van der Waals surface area (Å²) in [5.41, 5.74) is -0.626. The van der Waals surface area contributed by atoms with Gasteiger partial charge in [-0.25, -0.2) is 0 Å². The third kappa shape index (κ3) is 3.81. The van der Waals surface area contributed by atoms with Crippen molar-refractivity contribution in [2.24, 2.45) is 0 Å². The molecule has 1 N–H and O–H groups in total. The summed E-state index contributed by atoms with van der Waals surface area (Å²) < 4.78 is 7.59. The van der Waals surface area contributed by atoms with E-state index in [0.29, 0.717) is 6.42 Å². The van der Waals surface area contributed by atoms with Crippen LogP contribution in [0.2, 0.25) is 0 Å². The second-order valence-corrected chi connectivity index (χ2v) is 5.01. The van der Waals surface area contributed by atoms with E-state index in [9.17, 15) is 4.79 Å². The maximum absolute atomic E-state index is 11.6. The highest BCUT2D eigenvalue weighted by Gasteiger charge is 2.31. The molecule has 0 radical (unpaired) electrons. The van der Waals surface area contributed by atoms with E-state index in [1.807, 2.05) is 17.8 Å². The van der Waals surface area contributed by atoms with E-state index >= 15 is 0 Å². The molecule has 0 aliphatic heterocycles. The number of aryl methyl sites for hydroxylation is 1. The Kier molecular flexibility index (Phi) is 5.14. The third-order valence-electron chi connectivity index (χ3n) is 2.85. The summed E-state index contributed by atoms with van der Waals surface area (Å²) in [6.45, 7) is 2.62. The zero-order valence-electron chi connectivity index (χ0n) is 10.4. The lowest BCUT2D eigenvalue weighted by Gasteiger charge is -2.25. The molecule has 0 bridgehead atoms. The molecule has 1 atom stereocenters. The zero-order valence-corrected chi connectivity index (χ0v) is 12.0. The van der Waals surface area contributed by atoms with Crippen LogP contribution in [0.4, 0.5) is 0 Å². The van der Waals surface area contributed by atoms with Gasteiger partial charge in [0.1, 0.15) is 5.54 Å². The third-order valence-corrected chi connectivity index (χ3v) is 3.26. The summed E-state index contributed by atoms with van der Waals surface area (Å²) in [6, 6.07) is 0. The maximum Gasteiger partial charge on any atom is 0.325 e. The molecule has 96 valence electrons. The number of nitrogens with one attached hydrogen (secondary N) is 1. The van der Waals surface area contributed by atoms with Crippen LogP contribution in [0.5, 0.6) is 0 Å². The van der Waals surface area contributed by atoms with Crippen molar-refractivity contribution < 1.29 is 9.53 Å². The van der Waals surface area contributed by atoms with Gasteiger partial charge in [0.05, 0.1) is 17.8 Å². The first-order chi connectivity index (χ1) is 8.01. The largest absolute Gasteiger partial charge is 0.468 e. The summed E-state index contributed by atoms with van der Waals surface area (Å²) >= 11 is 3.34. The number of ether oxygens (including phenoxy) is 1. The molecule has 0 spiro atoms. The van der Waals surface area contributed by atoms with E-state index in [-0.39, 0.29) is 5.97 Å². The number of hydrogen-bond acceptors (Lipinski definition) is 4. The molecule has 1 aromatic heterocycles. The molecule has 1 rings (SSSR count). The lowest BCUT2D eigenvalue weighted by atomic mass is 9.96. The van der Waals surface area contributed by atoms with E-state index in [0.717, 1.165) is 17.4 Å². The van der Waals surface area contributed by atoms with Gasteiger partial charge in [-0.3, -0.25) is 9.48 Å². The maximum atomic E-state index is 11.6. The van der Waals surface area contributed by atoms with Crippen LogP contribution in [0, 0.1) is 0 Å². The Morgan fingerprint density at radius 2 is 2.41 bits per heavy atom. The van der Waals surface area contributed by atoms with E-state index in [2.05, 4.69) is 26.3 Å². The number of hydrogen-bond donors (Lipinski definition) is 1. The van der Waals surface area contributed by atoms with Crippen molar-refractivity contribution in [3.63, 3.8) is 0 Å². The molecule has 1 aromatic rings. The van der Waals surface area contributed by atoms with Gasteiger partial charge in [-0.2, -0.15) is 5.10 Å². The molecule has 1 heterocycles. The number of rotatable bonds is 6. The first-order valence-electron chi connectivity index (χ1n) is 5.47. The van der Waals surface area contributed by atoms with Crippen molar-refractivity contribution in [3.8, 4) is 0 Å². The molecule has 0 aromatic carbocycles. The SMILES string of the molecule is CNC(C)(CCCn1cc(Br)cn1)C(=O)OC. The number of carbonyl (C=O) groups is 1. The summed E-state index contributed by atoms with van der Waals surface area (Å²) in [6.07, 6.45) is 5.21. The van der Waals surface area contributed by atoms with Gasteiger partial charge >= 0.3 is 5.97 Å². The van der Waals surface area contributed by atoms with Crippen molar-refractivity contribution in [2.75, 3.05) is 14.2 Å². The molecular weight excluding hydrogens is 286 g/mol. The van der Waals surface area contributed by atoms with Gasteiger partial charge in [0.15, 0.2) is 0 Å². The standard InChI is InChI=1S/C11H18BrN3O2/c1-11(13-2,10(16)17-3)5-4-6-15-8-9(12)7-14-15/h7-8,13H,4-6H2,1-3H3. The average Bonchev–Trinajstić information content (AvgIpc) is 2.73. The van der Waals surface area contributed by atoms with Crippen molar-refractivity contribution in [1.82, 2.24) is 15.1 Å². The zero-order chi connectivity index (χ0) is 12.9. The molecule has 17 heavy (non-hydrogen) atoms. The summed E-state index contributed by atoms with van der Waals surface area (Å²) in [4.78, 5) is 11.6. The Morgan fingerprint density at radius 3 is 2.88 bits per heavy atom. The van der Waals surface area contributed by atoms with E-state index < -0.39 is 5.54 Å². The van der Waals surface area contributed by atoms with Crippen LogP contribution in [0.1, 0.15) is 19.8 Å². The van der Waals surface area contributed by atoms with Crippen molar-refractivity contribution >= 4 is 21.9 Å². The van der Waals surface area contributed by atoms with Crippen LogP contribution in [0.15, 0.2) is 16.9 Å². The monoisotopic (exact) mass is 303 g/mol. The fourth-order valence-electron chi connectivity index (χ4n) is 1.61. The average molecular weight is 304 g/mol. The Hall–Kier alpha value is -0.880. The normalized spacial score (nSPS) is 14.4. The number of carbonyl (C=O) groups excluding carboxylic acids is 1. The van der Waals surface area contributed by atoms with Gasteiger partial charge in [0.25, 0.3) is 0 Å². The molecule has 0 saturated carbocycles. The van der Waals surface area contributed by atoms with Crippen molar-refractivity contribution in [2.45, 2.75) is 31.8 Å². The van der Waals surface area contributed by atoms with Gasteiger partial charge in [-0.1, -0.05) is 0 Å². The fraction of sp³-hybridized carbons (Fsp3) is 0.636. The van der Waals surface area contributed by atoms with Crippen LogP contribution in [0.25, 0.3) is 0 Å². The molecule has 1 unspecified atom stereocenters. The fourth-order valence-corrected chi connectivity index (χ4v) is 1.94. The van der Waals surface area contributed by atoms with Gasteiger partial charge in [0, 0.05) is 12.7 Å². The van der Waals surface area contributed by atoms with Crippen LogP contribution >= 0.6 is 15.9 Å².